The quantitative estimate of drug-likeness (QED) is 0.418. The summed E-state index contributed by atoms with van der Waals surface area (Å²) in [7, 11) is 1.54. The van der Waals surface area contributed by atoms with E-state index in [9.17, 15) is 14.0 Å². The molecule has 1 heterocycles. The number of amides is 3. The summed E-state index contributed by atoms with van der Waals surface area (Å²) in [5.41, 5.74) is 2.53. The summed E-state index contributed by atoms with van der Waals surface area (Å²) in [6.07, 6.45) is 0.847. The molecule has 7 nitrogen and oxygen atoms in total. The minimum atomic E-state index is -0.390. The number of hydrogen-bond donors (Lipinski definition) is 1. The molecule has 35 heavy (non-hydrogen) atoms. The molecule has 3 aromatic rings. The molecule has 0 spiro atoms. The number of hydrogen-bond acceptors (Lipinski definition) is 4. The van der Waals surface area contributed by atoms with Crippen molar-refractivity contribution in [3.63, 3.8) is 0 Å². The normalized spacial score (nSPS) is 10.7. The van der Waals surface area contributed by atoms with Crippen LogP contribution >= 0.6 is 0 Å². The molecule has 0 saturated heterocycles. The molecule has 0 saturated carbocycles. The average Bonchev–Trinajstić information content (AvgIpc) is 3.27. The molecule has 8 heteroatoms. The van der Waals surface area contributed by atoms with Gasteiger partial charge in [0.2, 0.25) is 5.91 Å². The molecule has 186 valence electrons. The highest BCUT2D eigenvalue weighted by molar-refractivity contribution is 5.92. The summed E-state index contributed by atoms with van der Waals surface area (Å²) in [5, 5.41) is 2.88. The van der Waals surface area contributed by atoms with Gasteiger partial charge in [-0.1, -0.05) is 31.2 Å². The Hall–Kier alpha value is -3.65. The third-order valence-corrected chi connectivity index (χ3v) is 5.55. The van der Waals surface area contributed by atoms with Gasteiger partial charge in [-0.15, -0.1) is 0 Å². The molecule has 1 aromatic heterocycles. The standard InChI is InChI=1S/C27H32FN3O4/c1-4-21-6-5-7-24(16-21)29-27(33)30(14-15-34-3)19-26(32)31(18-25-13-8-20(2)35-25)17-22-9-11-23(28)12-10-22/h5-13,16H,4,14-15,17-19H2,1-3H3,(H,29,33). The van der Waals surface area contributed by atoms with E-state index >= 15 is 0 Å². The SMILES string of the molecule is CCc1cccc(NC(=O)N(CCOC)CC(=O)N(Cc2ccc(F)cc2)Cc2ccc(C)o2)c1. The first-order valence-electron chi connectivity index (χ1n) is 11.6. The number of benzene rings is 2. The van der Waals surface area contributed by atoms with Gasteiger partial charge in [0.1, 0.15) is 23.9 Å². The molecule has 0 unspecified atom stereocenters. The highest BCUT2D eigenvalue weighted by atomic mass is 19.1. The summed E-state index contributed by atoms with van der Waals surface area (Å²) < 4.78 is 24.2. The Morgan fingerprint density at radius 2 is 1.77 bits per heavy atom. The monoisotopic (exact) mass is 481 g/mol. The molecule has 3 amide bonds. The number of carbonyl (C=O) groups is 2. The average molecular weight is 482 g/mol. The third-order valence-electron chi connectivity index (χ3n) is 5.55. The van der Waals surface area contributed by atoms with E-state index in [0.717, 1.165) is 23.3 Å². The van der Waals surface area contributed by atoms with E-state index in [2.05, 4.69) is 5.32 Å². The number of nitrogens with zero attached hydrogens (tertiary/aromatic N) is 2. The van der Waals surface area contributed by atoms with Gasteiger partial charge in [-0.05, 0) is 60.9 Å². The van der Waals surface area contributed by atoms with E-state index in [1.54, 1.807) is 24.1 Å². The lowest BCUT2D eigenvalue weighted by Crippen LogP contribution is -2.45. The zero-order valence-electron chi connectivity index (χ0n) is 20.4. The zero-order valence-corrected chi connectivity index (χ0v) is 20.4. The fourth-order valence-corrected chi connectivity index (χ4v) is 3.59. The van der Waals surface area contributed by atoms with Crippen molar-refractivity contribution in [3.8, 4) is 0 Å². The minimum Gasteiger partial charge on any atom is -0.464 e. The Balaban J connectivity index is 1.76. The van der Waals surface area contributed by atoms with Gasteiger partial charge in [0.05, 0.1) is 13.2 Å². The van der Waals surface area contributed by atoms with Gasteiger partial charge in [-0.2, -0.15) is 0 Å². The molecule has 0 bridgehead atoms. The second-order valence-electron chi connectivity index (χ2n) is 8.29. The van der Waals surface area contributed by atoms with Crippen LogP contribution in [0.25, 0.3) is 0 Å². The maximum atomic E-state index is 13.4. The van der Waals surface area contributed by atoms with Crippen molar-refractivity contribution in [1.82, 2.24) is 9.80 Å². The van der Waals surface area contributed by atoms with Crippen LogP contribution in [0.5, 0.6) is 0 Å². The summed E-state index contributed by atoms with van der Waals surface area (Å²) in [6, 6.07) is 16.9. The van der Waals surface area contributed by atoms with Crippen LogP contribution in [0.15, 0.2) is 65.1 Å². The first-order valence-corrected chi connectivity index (χ1v) is 11.6. The first-order chi connectivity index (χ1) is 16.9. The molecule has 3 rings (SSSR count). The number of urea groups is 1. The topological polar surface area (TPSA) is 75.0 Å². The molecular weight excluding hydrogens is 449 g/mol. The number of methoxy groups -OCH3 is 1. The molecule has 2 aromatic carbocycles. The lowest BCUT2D eigenvalue weighted by Gasteiger charge is -2.27. The van der Waals surface area contributed by atoms with Crippen molar-refractivity contribution in [2.75, 3.05) is 32.1 Å². The molecule has 0 aliphatic rings. The summed E-state index contributed by atoms with van der Waals surface area (Å²) in [6.45, 7) is 4.72. The predicted octanol–water partition coefficient (Wildman–Crippen LogP) is 5.00. The number of aryl methyl sites for hydroxylation is 2. The summed E-state index contributed by atoms with van der Waals surface area (Å²) in [5.74, 6) is 0.756. The van der Waals surface area contributed by atoms with Crippen molar-refractivity contribution in [2.24, 2.45) is 0 Å². The molecular formula is C27H32FN3O4. The summed E-state index contributed by atoms with van der Waals surface area (Å²) in [4.78, 5) is 29.5. The first kappa shape index (κ1) is 26.0. The van der Waals surface area contributed by atoms with Crippen LogP contribution in [0.1, 0.15) is 29.6 Å². The lowest BCUT2D eigenvalue weighted by atomic mass is 10.1. The van der Waals surface area contributed by atoms with E-state index in [1.165, 1.54) is 17.0 Å². The number of furan rings is 1. The van der Waals surface area contributed by atoms with E-state index in [0.29, 0.717) is 11.4 Å². The van der Waals surface area contributed by atoms with E-state index in [1.807, 2.05) is 50.2 Å². The Bertz CT molecular complexity index is 1110. The van der Waals surface area contributed by atoms with Gasteiger partial charge in [0.25, 0.3) is 0 Å². The van der Waals surface area contributed by atoms with Crippen molar-refractivity contribution in [3.05, 3.63) is 89.1 Å². The van der Waals surface area contributed by atoms with Crippen LogP contribution in [0.3, 0.4) is 0 Å². The van der Waals surface area contributed by atoms with E-state index < -0.39 is 0 Å². The van der Waals surface area contributed by atoms with Crippen LogP contribution in [-0.4, -0.2) is 48.5 Å². The number of halogens is 1. The Labute approximate surface area is 205 Å². The lowest BCUT2D eigenvalue weighted by molar-refractivity contribution is -0.133. The maximum absolute atomic E-state index is 13.4. The molecule has 0 radical (unpaired) electrons. The fraction of sp³-hybridized carbons (Fsp3) is 0.333. The maximum Gasteiger partial charge on any atom is 0.322 e. The number of ether oxygens (including phenoxy) is 1. The summed E-state index contributed by atoms with van der Waals surface area (Å²) >= 11 is 0. The molecule has 1 N–H and O–H groups in total. The van der Waals surface area contributed by atoms with Crippen LogP contribution in [0.4, 0.5) is 14.9 Å². The van der Waals surface area contributed by atoms with Crippen LogP contribution in [0.2, 0.25) is 0 Å². The van der Waals surface area contributed by atoms with Crippen molar-refractivity contribution < 1.29 is 23.1 Å². The molecule has 0 aliphatic heterocycles. The smallest absolute Gasteiger partial charge is 0.322 e. The van der Waals surface area contributed by atoms with Gasteiger partial charge < -0.3 is 24.3 Å². The van der Waals surface area contributed by atoms with Gasteiger partial charge in [-0.25, -0.2) is 9.18 Å². The van der Waals surface area contributed by atoms with Crippen LogP contribution in [-0.2, 0) is 29.0 Å². The molecule has 0 aliphatic carbocycles. The Kier molecular flexibility index (Phi) is 9.43. The second-order valence-corrected chi connectivity index (χ2v) is 8.29. The van der Waals surface area contributed by atoms with Gasteiger partial charge >= 0.3 is 6.03 Å². The minimum absolute atomic E-state index is 0.149. The zero-order chi connectivity index (χ0) is 25.2. The van der Waals surface area contributed by atoms with Crippen LogP contribution < -0.4 is 5.32 Å². The molecule has 0 atom stereocenters. The van der Waals surface area contributed by atoms with E-state index in [4.69, 9.17) is 9.15 Å². The highest BCUT2D eigenvalue weighted by Gasteiger charge is 2.23. The second kappa shape index (κ2) is 12.7. The van der Waals surface area contributed by atoms with Gasteiger partial charge in [0.15, 0.2) is 0 Å². The van der Waals surface area contributed by atoms with Gasteiger partial charge in [-0.3, -0.25) is 4.79 Å². The number of anilines is 1. The third kappa shape index (κ3) is 7.96. The van der Waals surface area contributed by atoms with Crippen molar-refractivity contribution in [2.45, 2.75) is 33.4 Å². The molecule has 0 fully saturated rings. The Morgan fingerprint density at radius 1 is 1.00 bits per heavy atom. The van der Waals surface area contributed by atoms with Gasteiger partial charge in [0, 0.05) is 25.9 Å². The highest BCUT2D eigenvalue weighted by Crippen LogP contribution is 2.16. The predicted molar refractivity (Wildman–Crippen MR) is 132 cm³/mol. The Morgan fingerprint density at radius 3 is 2.43 bits per heavy atom. The van der Waals surface area contributed by atoms with Crippen molar-refractivity contribution in [1.29, 1.82) is 0 Å². The fourth-order valence-electron chi connectivity index (χ4n) is 3.59. The number of nitrogens with one attached hydrogen (secondary N) is 1. The van der Waals surface area contributed by atoms with E-state index in [-0.39, 0.29) is 50.5 Å². The van der Waals surface area contributed by atoms with Crippen molar-refractivity contribution >= 4 is 17.6 Å². The number of carbonyl (C=O) groups excluding carboxylic acids is 2. The number of rotatable bonds is 11. The largest absolute Gasteiger partial charge is 0.464 e. The van der Waals surface area contributed by atoms with Crippen LogP contribution in [0, 0.1) is 12.7 Å².